The highest BCUT2D eigenvalue weighted by atomic mass is 16.5. The molecule has 0 fully saturated rings. The van der Waals surface area contributed by atoms with E-state index in [1.165, 1.54) is 11.1 Å². The summed E-state index contributed by atoms with van der Waals surface area (Å²) in [7, 11) is 0. The highest BCUT2D eigenvalue weighted by Crippen LogP contribution is 2.44. The number of fused-ring (bicyclic) bond motifs is 1. The molecule has 20 heavy (non-hydrogen) atoms. The molecule has 1 unspecified atom stereocenters. The smallest absolute Gasteiger partial charge is 0.124 e. The van der Waals surface area contributed by atoms with Gasteiger partial charge in [-0.2, -0.15) is 0 Å². The number of nitrogens with two attached hydrogens (primary N) is 1. The summed E-state index contributed by atoms with van der Waals surface area (Å²) in [6.45, 7) is 11.2. The fourth-order valence-electron chi connectivity index (χ4n) is 3.66. The molecule has 0 aromatic heterocycles. The van der Waals surface area contributed by atoms with Gasteiger partial charge in [0.05, 0.1) is 0 Å². The summed E-state index contributed by atoms with van der Waals surface area (Å²) in [5, 5.41) is 0. The lowest BCUT2D eigenvalue weighted by atomic mass is 9.77. The van der Waals surface area contributed by atoms with E-state index in [9.17, 15) is 0 Å². The average Bonchev–Trinajstić information content (AvgIpc) is 2.28. The van der Waals surface area contributed by atoms with Crippen LogP contribution in [0.5, 0.6) is 5.75 Å². The Hall–Kier alpha value is -1.02. The predicted molar refractivity (Wildman–Crippen MR) is 85.0 cm³/mol. The molecule has 1 heterocycles. The summed E-state index contributed by atoms with van der Waals surface area (Å²) >= 11 is 0. The molecule has 2 N–H and O–H groups in total. The van der Waals surface area contributed by atoms with Crippen molar-refractivity contribution in [3.63, 3.8) is 0 Å². The monoisotopic (exact) mass is 275 g/mol. The lowest BCUT2D eigenvalue weighted by Crippen LogP contribution is -2.45. The first-order valence-corrected chi connectivity index (χ1v) is 7.86. The molecule has 0 radical (unpaired) electrons. The van der Waals surface area contributed by atoms with E-state index in [2.05, 4.69) is 52.8 Å². The maximum absolute atomic E-state index is 6.49. The van der Waals surface area contributed by atoms with Crippen molar-refractivity contribution in [2.24, 2.45) is 17.6 Å². The van der Waals surface area contributed by atoms with Crippen LogP contribution >= 0.6 is 0 Å². The van der Waals surface area contributed by atoms with Crippen LogP contribution in [0.25, 0.3) is 0 Å². The van der Waals surface area contributed by atoms with Gasteiger partial charge in [0.25, 0.3) is 0 Å². The molecule has 2 rings (SSSR count). The van der Waals surface area contributed by atoms with Gasteiger partial charge in [-0.25, -0.2) is 0 Å². The highest BCUT2D eigenvalue weighted by molar-refractivity contribution is 5.41. The Morgan fingerprint density at radius 1 is 1.20 bits per heavy atom. The van der Waals surface area contributed by atoms with Crippen LogP contribution in [-0.4, -0.2) is 5.60 Å². The fraction of sp³-hybridized carbons (Fsp3) is 0.667. The highest BCUT2D eigenvalue weighted by Gasteiger charge is 2.40. The molecular weight excluding hydrogens is 246 g/mol. The first kappa shape index (κ1) is 15.4. The summed E-state index contributed by atoms with van der Waals surface area (Å²) < 4.78 is 6.49. The molecule has 1 atom stereocenters. The normalized spacial score (nSPS) is 20.9. The molecule has 0 saturated carbocycles. The Bertz CT molecular complexity index is 454. The molecule has 2 heteroatoms. The van der Waals surface area contributed by atoms with Gasteiger partial charge in [-0.05, 0) is 37.7 Å². The maximum Gasteiger partial charge on any atom is 0.124 e. The maximum atomic E-state index is 6.49. The molecule has 2 nitrogen and oxygen atoms in total. The summed E-state index contributed by atoms with van der Waals surface area (Å²) in [4.78, 5) is 0. The minimum absolute atomic E-state index is 0.0932. The van der Waals surface area contributed by atoms with E-state index in [-0.39, 0.29) is 11.6 Å². The average molecular weight is 275 g/mol. The Labute approximate surface area is 123 Å². The van der Waals surface area contributed by atoms with Crippen LogP contribution < -0.4 is 10.5 Å². The third kappa shape index (κ3) is 3.35. The molecule has 112 valence electrons. The zero-order valence-electron chi connectivity index (χ0n) is 13.6. The van der Waals surface area contributed by atoms with Gasteiger partial charge in [0.15, 0.2) is 0 Å². The lowest BCUT2D eigenvalue weighted by Gasteiger charge is -2.43. The van der Waals surface area contributed by atoms with Crippen LogP contribution in [0.4, 0.5) is 0 Å². The van der Waals surface area contributed by atoms with E-state index in [1.807, 2.05) is 0 Å². The summed E-state index contributed by atoms with van der Waals surface area (Å²) in [6.07, 6.45) is 3.08. The minimum atomic E-state index is -0.0932. The van der Waals surface area contributed by atoms with Crippen molar-refractivity contribution in [1.29, 1.82) is 0 Å². The van der Waals surface area contributed by atoms with Gasteiger partial charge in [0.2, 0.25) is 0 Å². The van der Waals surface area contributed by atoms with E-state index in [4.69, 9.17) is 10.5 Å². The van der Waals surface area contributed by atoms with Crippen molar-refractivity contribution in [3.8, 4) is 5.75 Å². The van der Waals surface area contributed by atoms with Crippen molar-refractivity contribution in [2.45, 2.75) is 65.5 Å². The molecule has 0 amide bonds. The topological polar surface area (TPSA) is 35.2 Å². The molecule has 0 spiro atoms. The van der Waals surface area contributed by atoms with Gasteiger partial charge in [0, 0.05) is 18.0 Å². The quantitative estimate of drug-likeness (QED) is 0.871. The number of hydrogen-bond donors (Lipinski definition) is 1. The molecule has 1 aromatic carbocycles. The standard InChI is InChI=1S/C18H29NO/c1-12(2)9-18(10-13(3)4)11-16(19)15-8-14(5)6-7-17(15)20-18/h6-8,12-13,16H,9-11,19H2,1-5H3. The van der Waals surface area contributed by atoms with E-state index in [0.717, 1.165) is 25.0 Å². The van der Waals surface area contributed by atoms with Crippen LogP contribution in [0.2, 0.25) is 0 Å². The van der Waals surface area contributed by atoms with Gasteiger partial charge in [0.1, 0.15) is 11.4 Å². The zero-order chi connectivity index (χ0) is 14.9. The first-order valence-electron chi connectivity index (χ1n) is 7.86. The number of aryl methyl sites for hydroxylation is 1. The van der Waals surface area contributed by atoms with Crippen molar-refractivity contribution in [2.75, 3.05) is 0 Å². The number of benzene rings is 1. The van der Waals surface area contributed by atoms with E-state index >= 15 is 0 Å². The number of rotatable bonds is 4. The second kappa shape index (κ2) is 5.77. The van der Waals surface area contributed by atoms with Crippen LogP contribution in [0.1, 0.15) is 64.1 Å². The molecule has 0 saturated heterocycles. The first-order chi connectivity index (χ1) is 9.31. The Morgan fingerprint density at radius 3 is 2.35 bits per heavy atom. The predicted octanol–water partition coefficient (Wildman–Crippen LogP) is 4.61. The summed E-state index contributed by atoms with van der Waals surface area (Å²) in [5.74, 6) is 2.23. The Kier molecular flexibility index (Phi) is 4.43. The van der Waals surface area contributed by atoms with Crippen LogP contribution in [0, 0.1) is 18.8 Å². The molecule has 1 aliphatic rings. The molecule has 0 bridgehead atoms. The summed E-state index contributed by atoms with van der Waals surface area (Å²) in [5.41, 5.74) is 8.80. The van der Waals surface area contributed by atoms with E-state index in [0.29, 0.717) is 11.8 Å². The lowest BCUT2D eigenvalue weighted by molar-refractivity contribution is -0.00163. The van der Waals surface area contributed by atoms with Crippen molar-refractivity contribution >= 4 is 0 Å². The Morgan fingerprint density at radius 2 is 1.80 bits per heavy atom. The SMILES string of the molecule is Cc1ccc2c(c1)C(N)CC(CC(C)C)(CC(C)C)O2. The van der Waals surface area contributed by atoms with Crippen molar-refractivity contribution in [3.05, 3.63) is 29.3 Å². The van der Waals surface area contributed by atoms with Crippen molar-refractivity contribution < 1.29 is 4.74 Å². The molecule has 0 aliphatic carbocycles. The van der Waals surface area contributed by atoms with E-state index < -0.39 is 0 Å². The molecule has 1 aliphatic heterocycles. The molecule has 1 aromatic rings. The van der Waals surface area contributed by atoms with E-state index in [1.54, 1.807) is 0 Å². The second-order valence-corrected chi connectivity index (χ2v) is 7.33. The zero-order valence-corrected chi connectivity index (χ0v) is 13.6. The van der Waals surface area contributed by atoms with Gasteiger partial charge in [-0.3, -0.25) is 0 Å². The van der Waals surface area contributed by atoms with Crippen LogP contribution in [0.3, 0.4) is 0 Å². The van der Waals surface area contributed by atoms with Gasteiger partial charge in [-0.1, -0.05) is 45.4 Å². The third-order valence-corrected chi connectivity index (χ3v) is 4.04. The Balaban J connectivity index is 2.34. The number of ether oxygens (including phenoxy) is 1. The van der Waals surface area contributed by atoms with Gasteiger partial charge in [-0.15, -0.1) is 0 Å². The number of hydrogen-bond acceptors (Lipinski definition) is 2. The van der Waals surface area contributed by atoms with Crippen LogP contribution in [0.15, 0.2) is 18.2 Å². The second-order valence-electron chi connectivity index (χ2n) is 7.33. The van der Waals surface area contributed by atoms with Crippen LogP contribution in [-0.2, 0) is 0 Å². The fourth-order valence-corrected chi connectivity index (χ4v) is 3.66. The largest absolute Gasteiger partial charge is 0.487 e. The van der Waals surface area contributed by atoms with Crippen molar-refractivity contribution in [1.82, 2.24) is 0 Å². The molecular formula is C18H29NO. The summed E-state index contributed by atoms with van der Waals surface area (Å²) in [6, 6.07) is 6.48. The van der Waals surface area contributed by atoms with Gasteiger partial charge < -0.3 is 10.5 Å². The minimum Gasteiger partial charge on any atom is -0.487 e. The third-order valence-electron chi connectivity index (χ3n) is 4.04. The van der Waals surface area contributed by atoms with Gasteiger partial charge >= 0.3 is 0 Å².